The van der Waals surface area contributed by atoms with Crippen molar-refractivity contribution in [3.8, 4) is 6.07 Å². The van der Waals surface area contributed by atoms with E-state index in [2.05, 4.69) is 0 Å². The largest absolute Gasteiger partial charge is 0.394 e. The number of carbonyl (C=O) groups is 1. The van der Waals surface area contributed by atoms with E-state index in [0.717, 1.165) is 0 Å². The third-order valence-corrected chi connectivity index (χ3v) is 2.27. The predicted octanol–water partition coefficient (Wildman–Crippen LogP) is 2.20. The van der Waals surface area contributed by atoms with Gasteiger partial charge in [-0.2, -0.15) is 18.4 Å². The molecule has 13 heavy (non-hydrogen) atoms. The van der Waals surface area contributed by atoms with E-state index in [0.29, 0.717) is 0 Å². The van der Waals surface area contributed by atoms with E-state index < -0.39 is 30.2 Å². The summed E-state index contributed by atoms with van der Waals surface area (Å²) in [4.78, 5) is 10.8. The zero-order valence-corrected chi connectivity index (χ0v) is 6.82. The molecule has 0 aromatic heterocycles. The number of Topliss-reactive ketones (excluding diaryl/α,β-unsaturated/α-hetero) is 1. The van der Waals surface area contributed by atoms with Crippen LogP contribution < -0.4 is 0 Å². The van der Waals surface area contributed by atoms with Gasteiger partial charge in [-0.15, -0.1) is 0 Å². The van der Waals surface area contributed by atoms with Crippen LogP contribution in [0.1, 0.15) is 25.7 Å². The standard InChI is InChI=1S/C8H8F3NO/c9-8(10,11)7(2-3-7)5-6(13)1-4-12/h1-3,5H2. The number of nitriles is 1. The van der Waals surface area contributed by atoms with E-state index >= 15 is 0 Å². The molecule has 0 aromatic rings. The Kier molecular flexibility index (Phi) is 2.33. The fourth-order valence-electron chi connectivity index (χ4n) is 1.24. The third-order valence-electron chi connectivity index (χ3n) is 2.27. The van der Waals surface area contributed by atoms with Crippen molar-refractivity contribution in [3.05, 3.63) is 0 Å². The zero-order valence-electron chi connectivity index (χ0n) is 6.82. The number of nitrogens with zero attached hydrogens (tertiary/aromatic N) is 1. The molecule has 0 saturated heterocycles. The molecule has 0 unspecified atom stereocenters. The van der Waals surface area contributed by atoms with Gasteiger partial charge in [0.2, 0.25) is 0 Å². The molecular formula is C8H8F3NO. The van der Waals surface area contributed by atoms with Crippen LogP contribution in [0.25, 0.3) is 0 Å². The second-order valence-electron chi connectivity index (χ2n) is 3.33. The van der Waals surface area contributed by atoms with E-state index in [9.17, 15) is 18.0 Å². The van der Waals surface area contributed by atoms with Crippen molar-refractivity contribution in [1.29, 1.82) is 5.26 Å². The molecule has 0 atom stereocenters. The van der Waals surface area contributed by atoms with Gasteiger partial charge < -0.3 is 0 Å². The lowest BCUT2D eigenvalue weighted by Crippen LogP contribution is -2.27. The van der Waals surface area contributed by atoms with Crippen LogP contribution in [0.2, 0.25) is 0 Å². The van der Waals surface area contributed by atoms with Gasteiger partial charge >= 0.3 is 6.18 Å². The lowest BCUT2D eigenvalue weighted by Gasteiger charge is -2.17. The van der Waals surface area contributed by atoms with Crippen molar-refractivity contribution in [3.63, 3.8) is 0 Å². The van der Waals surface area contributed by atoms with Crippen LogP contribution in [0.5, 0.6) is 0 Å². The van der Waals surface area contributed by atoms with Crippen molar-refractivity contribution in [2.45, 2.75) is 31.9 Å². The van der Waals surface area contributed by atoms with Crippen LogP contribution in [-0.4, -0.2) is 12.0 Å². The number of halogens is 3. The zero-order chi connectivity index (χ0) is 10.1. The van der Waals surface area contributed by atoms with Gasteiger partial charge in [-0.3, -0.25) is 4.79 Å². The van der Waals surface area contributed by atoms with Crippen LogP contribution in [0.4, 0.5) is 13.2 Å². The number of hydrogen-bond acceptors (Lipinski definition) is 2. The average molecular weight is 191 g/mol. The summed E-state index contributed by atoms with van der Waals surface area (Å²) in [7, 11) is 0. The second-order valence-corrected chi connectivity index (χ2v) is 3.33. The minimum Gasteiger partial charge on any atom is -0.299 e. The summed E-state index contributed by atoms with van der Waals surface area (Å²) >= 11 is 0. The van der Waals surface area contributed by atoms with Crippen LogP contribution in [0.15, 0.2) is 0 Å². The van der Waals surface area contributed by atoms with Crippen LogP contribution in [0, 0.1) is 16.7 Å². The summed E-state index contributed by atoms with van der Waals surface area (Å²) in [6, 6.07) is 1.55. The predicted molar refractivity (Wildman–Crippen MR) is 37.6 cm³/mol. The first-order valence-corrected chi connectivity index (χ1v) is 3.87. The van der Waals surface area contributed by atoms with Crippen LogP contribution >= 0.6 is 0 Å². The van der Waals surface area contributed by atoms with Gasteiger partial charge in [0.05, 0.1) is 17.9 Å². The van der Waals surface area contributed by atoms with E-state index in [1.165, 1.54) is 0 Å². The minimum absolute atomic E-state index is 0.0215. The first-order chi connectivity index (χ1) is 5.91. The Morgan fingerprint density at radius 2 is 2.00 bits per heavy atom. The molecule has 1 fully saturated rings. The summed E-state index contributed by atoms with van der Waals surface area (Å²) in [5.74, 6) is -0.614. The highest BCUT2D eigenvalue weighted by Crippen LogP contribution is 2.60. The quantitative estimate of drug-likeness (QED) is 0.686. The van der Waals surface area contributed by atoms with E-state index in [1.54, 1.807) is 6.07 Å². The number of hydrogen-bond donors (Lipinski definition) is 0. The molecule has 2 nitrogen and oxygen atoms in total. The van der Waals surface area contributed by atoms with Crippen molar-refractivity contribution in [1.82, 2.24) is 0 Å². The Labute approximate surface area is 73.3 Å². The SMILES string of the molecule is N#CCC(=O)CC1(C(F)(F)F)CC1. The normalized spacial score (nSPS) is 19.2. The highest BCUT2D eigenvalue weighted by molar-refractivity contribution is 5.81. The summed E-state index contributed by atoms with van der Waals surface area (Å²) < 4.78 is 36.8. The maximum atomic E-state index is 12.3. The molecule has 1 aliphatic carbocycles. The maximum Gasteiger partial charge on any atom is 0.394 e. The summed E-state index contributed by atoms with van der Waals surface area (Å²) in [6.07, 6.45) is -5.19. The Morgan fingerprint density at radius 3 is 2.31 bits per heavy atom. The van der Waals surface area contributed by atoms with Gasteiger partial charge in [0.15, 0.2) is 0 Å². The molecule has 72 valence electrons. The molecule has 0 aliphatic heterocycles. The fraction of sp³-hybridized carbons (Fsp3) is 0.750. The van der Waals surface area contributed by atoms with E-state index in [1.807, 2.05) is 0 Å². The highest BCUT2D eigenvalue weighted by Gasteiger charge is 2.63. The van der Waals surface area contributed by atoms with E-state index in [-0.39, 0.29) is 12.8 Å². The Hall–Kier alpha value is -1.05. The number of carbonyl (C=O) groups excluding carboxylic acids is 1. The number of ketones is 1. The van der Waals surface area contributed by atoms with Crippen LogP contribution in [-0.2, 0) is 4.79 Å². The number of rotatable bonds is 3. The molecule has 0 heterocycles. The first kappa shape index (κ1) is 10.0. The van der Waals surface area contributed by atoms with Gasteiger partial charge in [-0.05, 0) is 12.8 Å². The smallest absolute Gasteiger partial charge is 0.299 e. The molecule has 1 aliphatic rings. The van der Waals surface area contributed by atoms with Gasteiger partial charge in [0, 0.05) is 6.42 Å². The molecule has 0 N–H and O–H groups in total. The van der Waals surface area contributed by atoms with Crippen molar-refractivity contribution in [2.75, 3.05) is 0 Å². The molecule has 5 heteroatoms. The highest BCUT2D eigenvalue weighted by atomic mass is 19.4. The second kappa shape index (κ2) is 3.02. The third kappa shape index (κ3) is 2.00. The Bertz CT molecular complexity index is 260. The maximum absolute atomic E-state index is 12.3. The van der Waals surface area contributed by atoms with Gasteiger partial charge in [-0.25, -0.2) is 0 Å². The topological polar surface area (TPSA) is 40.9 Å². The minimum atomic E-state index is -4.29. The van der Waals surface area contributed by atoms with Crippen molar-refractivity contribution < 1.29 is 18.0 Å². The molecule has 1 rings (SSSR count). The van der Waals surface area contributed by atoms with E-state index in [4.69, 9.17) is 5.26 Å². The number of alkyl halides is 3. The molecule has 0 spiro atoms. The van der Waals surface area contributed by atoms with Gasteiger partial charge in [0.25, 0.3) is 0 Å². The van der Waals surface area contributed by atoms with Crippen LogP contribution in [0.3, 0.4) is 0 Å². The van der Waals surface area contributed by atoms with Crippen molar-refractivity contribution >= 4 is 5.78 Å². The Morgan fingerprint density at radius 1 is 1.46 bits per heavy atom. The monoisotopic (exact) mass is 191 g/mol. The fourth-order valence-corrected chi connectivity index (χ4v) is 1.24. The van der Waals surface area contributed by atoms with Gasteiger partial charge in [-0.1, -0.05) is 0 Å². The summed E-state index contributed by atoms with van der Waals surface area (Å²) in [5.41, 5.74) is -1.79. The molecule has 0 bridgehead atoms. The Balaban J connectivity index is 2.55. The average Bonchev–Trinajstić information content (AvgIpc) is 2.67. The molecule has 0 amide bonds. The molecular weight excluding hydrogens is 183 g/mol. The molecule has 0 aromatic carbocycles. The van der Waals surface area contributed by atoms with Gasteiger partial charge in [0.1, 0.15) is 5.78 Å². The lowest BCUT2D eigenvalue weighted by molar-refractivity contribution is -0.190. The molecule has 1 saturated carbocycles. The summed E-state index contributed by atoms with van der Waals surface area (Å²) in [6.45, 7) is 0. The lowest BCUT2D eigenvalue weighted by atomic mass is 9.98. The van der Waals surface area contributed by atoms with Crippen molar-refractivity contribution in [2.24, 2.45) is 5.41 Å². The first-order valence-electron chi connectivity index (χ1n) is 3.87. The molecule has 0 radical (unpaired) electrons. The summed E-state index contributed by atoms with van der Waals surface area (Å²) in [5, 5.41) is 8.10.